The van der Waals surface area contributed by atoms with Crippen molar-refractivity contribution in [2.45, 2.75) is 6.61 Å². The lowest BCUT2D eigenvalue weighted by Crippen LogP contribution is -2.09. The van der Waals surface area contributed by atoms with Crippen molar-refractivity contribution in [2.24, 2.45) is 7.05 Å². The average molecular weight is 334 g/mol. The lowest BCUT2D eigenvalue weighted by Gasteiger charge is -2.03. The van der Waals surface area contributed by atoms with Crippen LogP contribution >= 0.6 is 22.9 Å². The van der Waals surface area contributed by atoms with Crippen LogP contribution in [0.25, 0.3) is 10.7 Å². The van der Waals surface area contributed by atoms with E-state index in [9.17, 15) is 4.79 Å². The molecule has 3 heterocycles. The Morgan fingerprint density at radius 3 is 3.00 bits per heavy atom. The number of thiazole rings is 1. The molecule has 0 aliphatic rings. The van der Waals surface area contributed by atoms with Crippen molar-refractivity contribution in [1.82, 2.24) is 14.5 Å². The third-order valence-corrected chi connectivity index (χ3v) is 4.09. The first-order chi connectivity index (χ1) is 10.6. The van der Waals surface area contributed by atoms with Crippen LogP contribution in [0.15, 0.2) is 42.0 Å². The van der Waals surface area contributed by atoms with E-state index in [1.54, 1.807) is 30.1 Å². The zero-order chi connectivity index (χ0) is 15.5. The van der Waals surface area contributed by atoms with Crippen molar-refractivity contribution >= 4 is 28.9 Å². The highest BCUT2D eigenvalue weighted by Crippen LogP contribution is 2.22. The highest BCUT2D eigenvalue weighted by molar-refractivity contribution is 7.13. The van der Waals surface area contributed by atoms with E-state index in [2.05, 4.69) is 9.97 Å². The van der Waals surface area contributed by atoms with Gasteiger partial charge in [0.1, 0.15) is 17.3 Å². The van der Waals surface area contributed by atoms with E-state index in [4.69, 9.17) is 16.3 Å². The fraction of sp³-hybridized carbons (Fsp3) is 0.133. The lowest BCUT2D eigenvalue weighted by atomic mass is 10.4. The summed E-state index contributed by atoms with van der Waals surface area (Å²) in [5.41, 5.74) is 1.91. The topological polar surface area (TPSA) is 57.0 Å². The zero-order valence-electron chi connectivity index (χ0n) is 11.7. The molecule has 112 valence electrons. The van der Waals surface area contributed by atoms with Gasteiger partial charge in [-0.2, -0.15) is 0 Å². The summed E-state index contributed by atoms with van der Waals surface area (Å²) in [6.45, 7) is 0.116. The number of carbonyl (C=O) groups is 1. The van der Waals surface area contributed by atoms with Crippen LogP contribution in [-0.2, 0) is 18.4 Å². The van der Waals surface area contributed by atoms with Gasteiger partial charge in [0, 0.05) is 24.8 Å². The quantitative estimate of drug-likeness (QED) is 0.685. The number of hydrogen-bond donors (Lipinski definition) is 0. The SMILES string of the molecule is Cn1cc(Cl)cc1C(=O)OCc1csc(-c2ccccn2)n1. The molecular weight excluding hydrogens is 322 g/mol. The first kappa shape index (κ1) is 14.7. The third kappa shape index (κ3) is 3.18. The predicted octanol–water partition coefficient (Wildman–Crippen LogP) is 3.55. The minimum Gasteiger partial charge on any atom is -0.454 e. The summed E-state index contributed by atoms with van der Waals surface area (Å²) < 4.78 is 6.89. The number of hydrogen-bond acceptors (Lipinski definition) is 5. The van der Waals surface area contributed by atoms with Gasteiger partial charge >= 0.3 is 5.97 Å². The molecule has 0 saturated heterocycles. The molecule has 3 rings (SSSR count). The maximum absolute atomic E-state index is 12.0. The monoisotopic (exact) mass is 333 g/mol. The second-order valence-corrected chi connectivity index (χ2v) is 5.88. The van der Waals surface area contributed by atoms with Crippen molar-refractivity contribution in [3.63, 3.8) is 0 Å². The first-order valence-corrected chi connectivity index (χ1v) is 7.74. The highest BCUT2D eigenvalue weighted by Gasteiger charge is 2.14. The molecule has 0 aromatic carbocycles. The molecule has 0 fully saturated rings. The van der Waals surface area contributed by atoms with Crippen molar-refractivity contribution in [2.75, 3.05) is 0 Å². The lowest BCUT2D eigenvalue weighted by molar-refractivity contribution is 0.0457. The van der Waals surface area contributed by atoms with Crippen LogP contribution in [0.3, 0.4) is 0 Å². The summed E-state index contributed by atoms with van der Waals surface area (Å²) in [6, 6.07) is 7.22. The summed E-state index contributed by atoms with van der Waals surface area (Å²) >= 11 is 7.32. The van der Waals surface area contributed by atoms with Crippen molar-refractivity contribution in [1.29, 1.82) is 0 Å². The number of aromatic nitrogens is 3. The van der Waals surface area contributed by atoms with Gasteiger partial charge in [-0.05, 0) is 18.2 Å². The molecular formula is C15H12ClN3O2S. The molecule has 0 N–H and O–H groups in total. The van der Waals surface area contributed by atoms with Crippen LogP contribution in [0.2, 0.25) is 5.02 Å². The second-order valence-electron chi connectivity index (χ2n) is 4.59. The maximum atomic E-state index is 12.0. The van der Waals surface area contributed by atoms with Crippen molar-refractivity contribution < 1.29 is 9.53 Å². The van der Waals surface area contributed by atoms with E-state index in [1.165, 1.54) is 11.3 Å². The number of halogens is 1. The van der Waals surface area contributed by atoms with Gasteiger partial charge in [0.25, 0.3) is 0 Å². The second kappa shape index (κ2) is 6.29. The number of pyridine rings is 1. The number of carbonyl (C=O) groups excluding carboxylic acids is 1. The largest absolute Gasteiger partial charge is 0.454 e. The Hall–Kier alpha value is -2.18. The predicted molar refractivity (Wildman–Crippen MR) is 84.9 cm³/mol. The van der Waals surface area contributed by atoms with Gasteiger partial charge in [-0.25, -0.2) is 9.78 Å². The molecule has 0 spiro atoms. The molecule has 0 saturated carbocycles. The molecule has 0 aliphatic heterocycles. The zero-order valence-corrected chi connectivity index (χ0v) is 13.3. The van der Waals surface area contributed by atoms with Crippen LogP contribution in [-0.4, -0.2) is 20.5 Å². The molecule has 0 atom stereocenters. The Balaban J connectivity index is 1.66. The summed E-state index contributed by atoms with van der Waals surface area (Å²) in [5.74, 6) is -0.429. The van der Waals surface area contributed by atoms with Gasteiger partial charge in [-0.15, -0.1) is 11.3 Å². The number of aryl methyl sites for hydroxylation is 1. The number of esters is 1. The van der Waals surface area contributed by atoms with Crippen molar-refractivity contribution in [3.8, 4) is 10.7 Å². The number of rotatable bonds is 4. The van der Waals surface area contributed by atoms with Gasteiger partial charge in [0.05, 0.1) is 16.4 Å². The van der Waals surface area contributed by atoms with E-state index in [1.807, 2.05) is 23.6 Å². The molecule has 3 aromatic rings. The van der Waals surface area contributed by atoms with Gasteiger partial charge in [-0.3, -0.25) is 4.98 Å². The number of nitrogens with zero attached hydrogens (tertiary/aromatic N) is 3. The van der Waals surface area contributed by atoms with E-state index >= 15 is 0 Å². The fourth-order valence-corrected chi connectivity index (χ4v) is 2.95. The van der Waals surface area contributed by atoms with Gasteiger partial charge in [0.2, 0.25) is 0 Å². The Morgan fingerprint density at radius 1 is 1.45 bits per heavy atom. The van der Waals surface area contributed by atoms with Crippen LogP contribution < -0.4 is 0 Å². The average Bonchev–Trinajstić information content (AvgIpc) is 3.12. The molecule has 0 bridgehead atoms. The van der Waals surface area contributed by atoms with Gasteiger partial charge < -0.3 is 9.30 Å². The summed E-state index contributed by atoms with van der Waals surface area (Å²) in [6.07, 6.45) is 3.37. The Morgan fingerprint density at radius 2 is 2.32 bits per heavy atom. The summed E-state index contributed by atoms with van der Waals surface area (Å²) in [7, 11) is 1.74. The molecule has 5 nitrogen and oxygen atoms in total. The summed E-state index contributed by atoms with van der Waals surface area (Å²) in [5, 5.41) is 3.16. The molecule has 0 unspecified atom stereocenters. The maximum Gasteiger partial charge on any atom is 0.355 e. The smallest absolute Gasteiger partial charge is 0.355 e. The minimum atomic E-state index is -0.429. The number of ether oxygens (including phenoxy) is 1. The Bertz CT molecular complexity index is 798. The highest BCUT2D eigenvalue weighted by atomic mass is 35.5. The molecule has 3 aromatic heterocycles. The normalized spacial score (nSPS) is 10.6. The van der Waals surface area contributed by atoms with Crippen molar-refractivity contribution in [3.05, 3.63) is 58.4 Å². The molecule has 22 heavy (non-hydrogen) atoms. The van der Waals surface area contributed by atoms with E-state index < -0.39 is 5.97 Å². The van der Waals surface area contributed by atoms with Crippen LogP contribution in [0, 0.1) is 0 Å². The Kier molecular flexibility index (Phi) is 4.22. The molecule has 0 aliphatic carbocycles. The van der Waals surface area contributed by atoms with Crippen LogP contribution in [0.5, 0.6) is 0 Å². The molecule has 7 heteroatoms. The van der Waals surface area contributed by atoms with Gasteiger partial charge in [-0.1, -0.05) is 17.7 Å². The standard InChI is InChI=1S/C15H12ClN3O2S/c1-19-7-10(16)6-13(19)15(20)21-8-11-9-22-14(18-11)12-4-2-3-5-17-12/h2-7,9H,8H2,1H3. The fourth-order valence-electron chi connectivity index (χ4n) is 1.92. The van der Waals surface area contributed by atoms with Crippen LogP contribution in [0.1, 0.15) is 16.2 Å². The first-order valence-electron chi connectivity index (χ1n) is 6.48. The van der Waals surface area contributed by atoms with Gasteiger partial charge in [0.15, 0.2) is 0 Å². The molecule has 0 radical (unpaired) electrons. The minimum absolute atomic E-state index is 0.116. The Labute approximate surface area is 136 Å². The van der Waals surface area contributed by atoms with E-state index in [-0.39, 0.29) is 6.61 Å². The van der Waals surface area contributed by atoms with E-state index in [0.29, 0.717) is 16.4 Å². The van der Waals surface area contributed by atoms with E-state index in [0.717, 1.165) is 10.7 Å². The van der Waals surface area contributed by atoms with Crippen LogP contribution in [0.4, 0.5) is 0 Å². The summed E-state index contributed by atoms with van der Waals surface area (Å²) in [4.78, 5) is 20.7. The third-order valence-electron chi connectivity index (χ3n) is 2.97. The molecule has 0 amide bonds.